The predicted octanol–water partition coefficient (Wildman–Crippen LogP) is 3.41. The molecule has 2 rings (SSSR count). The summed E-state index contributed by atoms with van der Waals surface area (Å²) in [6, 6.07) is 5.72. The van der Waals surface area contributed by atoms with Crippen LogP contribution in [0.4, 0.5) is 4.39 Å². The Bertz CT molecular complexity index is 522. The summed E-state index contributed by atoms with van der Waals surface area (Å²) >= 11 is 1.49. The van der Waals surface area contributed by atoms with E-state index in [-0.39, 0.29) is 12.2 Å². The number of benzene rings is 1. The molecule has 1 heterocycles. The number of nitrogens with zero attached hydrogens (tertiary/aromatic N) is 1. The van der Waals surface area contributed by atoms with Crippen LogP contribution < -0.4 is 0 Å². The molecule has 14 heavy (non-hydrogen) atoms. The van der Waals surface area contributed by atoms with Gasteiger partial charge in [0.25, 0.3) is 0 Å². The molecule has 0 radical (unpaired) electrons. The van der Waals surface area contributed by atoms with Crippen LogP contribution in [0.5, 0.6) is 0 Å². The van der Waals surface area contributed by atoms with Gasteiger partial charge >= 0.3 is 0 Å². The Kier molecular flexibility index (Phi) is 2.22. The first-order chi connectivity index (χ1) is 6.74. The van der Waals surface area contributed by atoms with E-state index in [2.05, 4.69) is 0 Å². The second-order valence-corrected chi connectivity index (χ2v) is 4.08. The molecule has 1 aromatic carbocycles. The second-order valence-electron chi connectivity index (χ2n) is 3.17. The molecule has 0 bridgehead atoms. The monoisotopic (exact) mass is 205 g/mol. The van der Waals surface area contributed by atoms with Crippen molar-refractivity contribution in [3.8, 4) is 6.07 Å². The number of hydrogen-bond donors (Lipinski definition) is 0. The maximum Gasteiger partial charge on any atom is 0.135 e. The van der Waals surface area contributed by atoms with Crippen LogP contribution in [-0.2, 0) is 6.42 Å². The number of thiophene rings is 1. The molecule has 2 aromatic rings. The van der Waals surface area contributed by atoms with Gasteiger partial charge in [0, 0.05) is 10.1 Å². The third kappa shape index (κ3) is 1.28. The van der Waals surface area contributed by atoms with Crippen molar-refractivity contribution < 1.29 is 4.39 Å². The minimum Gasteiger partial charge on any atom is -0.206 e. The van der Waals surface area contributed by atoms with Gasteiger partial charge in [-0.3, -0.25) is 0 Å². The Morgan fingerprint density at radius 1 is 1.50 bits per heavy atom. The molecule has 0 aliphatic heterocycles. The molecule has 0 spiro atoms. The lowest BCUT2D eigenvalue weighted by molar-refractivity contribution is 0.630. The van der Waals surface area contributed by atoms with Crippen molar-refractivity contribution in [2.24, 2.45) is 0 Å². The highest BCUT2D eigenvalue weighted by molar-refractivity contribution is 7.17. The second kappa shape index (κ2) is 3.39. The minimum atomic E-state index is -0.186. The van der Waals surface area contributed by atoms with Gasteiger partial charge in [0.15, 0.2) is 0 Å². The van der Waals surface area contributed by atoms with E-state index in [9.17, 15) is 4.39 Å². The molecule has 0 N–H and O–H groups in total. The van der Waals surface area contributed by atoms with Crippen LogP contribution in [0.25, 0.3) is 10.1 Å². The Balaban J connectivity index is 2.77. The summed E-state index contributed by atoms with van der Waals surface area (Å²) in [7, 11) is 0. The van der Waals surface area contributed by atoms with E-state index >= 15 is 0 Å². The fourth-order valence-electron chi connectivity index (χ4n) is 1.47. The van der Waals surface area contributed by atoms with Crippen molar-refractivity contribution in [3.05, 3.63) is 34.5 Å². The van der Waals surface area contributed by atoms with Crippen LogP contribution in [-0.4, -0.2) is 0 Å². The maximum atomic E-state index is 13.7. The molecular formula is C11H8FNS. The average molecular weight is 205 g/mol. The molecule has 0 amide bonds. The summed E-state index contributed by atoms with van der Waals surface area (Å²) in [6.07, 6.45) is 0.278. The summed E-state index contributed by atoms with van der Waals surface area (Å²) in [5.41, 5.74) is 1.43. The number of halogens is 1. The van der Waals surface area contributed by atoms with Gasteiger partial charge in [-0.1, -0.05) is 6.07 Å². The molecule has 0 saturated carbocycles. The van der Waals surface area contributed by atoms with Crippen molar-refractivity contribution in [1.82, 2.24) is 0 Å². The maximum absolute atomic E-state index is 13.7. The Hall–Kier alpha value is -1.40. The van der Waals surface area contributed by atoms with Gasteiger partial charge < -0.3 is 0 Å². The first kappa shape index (κ1) is 9.17. The summed E-state index contributed by atoms with van der Waals surface area (Å²) in [6.45, 7) is 1.74. The Morgan fingerprint density at radius 3 is 3.00 bits per heavy atom. The fourth-order valence-corrected chi connectivity index (χ4v) is 2.42. The molecule has 1 nitrogen and oxygen atoms in total. The third-order valence-corrected chi connectivity index (χ3v) is 3.21. The van der Waals surface area contributed by atoms with E-state index in [4.69, 9.17) is 5.26 Å². The van der Waals surface area contributed by atoms with Crippen LogP contribution >= 0.6 is 11.3 Å². The smallest absolute Gasteiger partial charge is 0.135 e. The quantitative estimate of drug-likeness (QED) is 0.699. The zero-order valence-corrected chi connectivity index (χ0v) is 8.49. The lowest BCUT2D eigenvalue weighted by Crippen LogP contribution is -1.86. The van der Waals surface area contributed by atoms with Crippen LogP contribution in [0.15, 0.2) is 17.5 Å². The lowest BCUT2D eigenvalue weighted by atomic mass is 10.1. The normalized spacial score (nSPS) is 10.4. The molecule has 1 aromatic heterocycles. The number of aryl methyl sites for hydroxylation is 1. The molecule has 0 atom stereocenters. The van der Waals surface area contributed by atoms with Crippen LogP contribution in [0, 0.1) is 24.1 Å². The fraction of sp³-hybridized carbons (Fsp3) is 0.182. The van der Waals surface area contributed by atoms with Gasteiger partial charge in [-0.05, 0) is 29.5 Å². The topological polar surface area (TPSA) is 23.8 Å². The molecular weight excluding hydrogens is 197 g/mol. The van der Waals surface area contributed by atoms with Crippen molar-refractivity contribution >= 4 is 21.4 Å². The van der Waals surface area contributed by atoms with E-state index in [0.717, 1.165) is 10.3 Å². The van der Waals surface area contributed by atoms with Gasteiger partial charge in [0.05, 0.1) is 12.5 Å². The van der Waals surface area contributed by atoms with Gasteiger partial charge in [0.2, 0.25) is 0 Å². The minimum absolute atomic E-state index is 0.186. The summed E-state index contributed by atoms with van der Waals surface area (Å²) in [4.78, 5) is 0. The zero-order valence-electron chi connectivity index (χ0n) is 7.67. The average Bonchev–Trinajstić information content (AvgIpc) is 2.57. The Labute approximate surface area is 85.4 Å². The standard InChI is InChI=1S/C11H8FNS/c1-7-2-3-9-10(11(7)12)8(4-5-13)6-14-9/h2-3,6H,4H2,1H3. The summed E-state index contributed by atoms with van der Waals surface area (Å²) < 4.78 is 14.6. The molecule has 0 aliphatic carbocycles. The highest BCUT2D eigenvalue weighted by Gasteiger charge is 2.10. The van der Waals surface area contributed by atoms with E-state index in [0.29, 0.717) is 10.9 Å². The van der Waals surface area contributed by atoms with E-state index in [1.165, 1.54) is 11.3 Å². The van der Waals surface area contributed by atoms with Crippen LogP contribution in [0.3, 0.4) is 0 Å². The zero-order chi connectivity index (χ0) is 10.1. The molecule has 0 unspecified atom stereocenters. The van der Waals surface area contributed by atoms with Gasteiger partial charge in [0.1, 0.15) is 5.82 Å². The van der Waals surface area contributed by atoms with Crippen molar-refractivity contribution in [3.63, 3.8) is 0 Å². The third-order valence-electron chi connectivity index (χ3n) is 2.22. The largest absolute Gasteiger partial charge is 0.206 e. The number of nitriles is 1. The van der Waals surface area contributed by atoms with Gasteiger partial charge in [-0.2, -0.15) is 5.26 Å². The number of fused-ring (bicyclic) bond motifs is 1. The van der Waals surface area contributed by atoms with Crippen molar-refractivity contribution in [1.29, 1.82) is 5.26 Å². The highest BCUT2D eigenvalue weighted by Crippen LogP contribution is 2.30. The number of rotatable bonds is 1. The van der Waals surface area contributed by atoms with Gasteiger partial charge in [-0.25, -0.2) is 4.39 Å². The summed E-state index contributed by atoms with van der Waals surface area (Å²) in [5.74, 6) is -0.186. The summed E-state index contributed by atoms with van der Waals surface area (Å²) in [5, 5.41) is 11.1. The van der Waals surface area contributed by atoms with Crippen molar-refractivity contribution in [2.75, 3.05) is 0 Å². The Morgan fingerprint density at radius 2 is 2.29 bits per heavy atom. The van der Waals surface area contributed by atoms with Crippen LogP contribution in [0.2, 0.25) is 0 Å². The predicted molar refractivity (Wildman–Crippen MR) is 55.8 cm³/mol. The molecule has 0 fully saturated rings. The van der Waals surface area contributed by atoms with E-state index in [1.807, 2.05) is 17.5 Å². The number of hydrogen-bond acceptors (Lipinski definition) is 2. The van der Waals surface area contributed by atoms with Crippen molar-refractivity contribution in [2.45, 2.75) is 13.3 Å². The lowest BCUT2D eigenvalue weighted by Gasteiger charge is -1.99. The molecule has 0 aliphatic rings. The highest BCUT2D eigenvalue weighted by atomic mass is 32.1. The van der Waals surface area contributed by atoms with E-state index in [1.54, 1.807) is 13.0 Å². The molecule has 70 valence electrons. The van der Waals surface area contributed by atoms with Crippen LogP contribution in [0.1, 0.15) is 11.1 Å². The van der Waals surface area contributed by atoms with E-state index < -0.39 is 0 Å². The first-order valence-electron chi connectivity index (χ1n) is 4.26. The SMILES string of the molecule is Cc1ccc2scc(CC#N)c2c1F. The molecule has 0 saturated heterocycles. The molecule has 3 heteroatoms. The van der Waals surface area contributed by atoms with Gasteiger partial charge in [-0.15, -0.1) is 11.3 Å². The first-order valence-corrected chi connectivity index (χ1v) is 5.14.